The molecule has 3 N–H and O–H groups in total. The fraction of sp³-hybridized carbons (Fsp3) is 0.500. The number of nitrogens with one attached hydrogen (secondary N) is 2. The lowest BCUT2D eigenvalue weighted by Gasteiger charge is -2.22. The molecule has 0 radical (unpaired) electrons. The second-order valence-corrected chi connectivity index (χ2v) is 15.6. The van der Waals surface area contributed by atoms with Gasteiger partial charge < -0.3 is 15.2 Å². The number of sulfone groups is 1. The van der Waals surface area contributed by atoms with Crippen LogP contribution in [0.25, 0.3) is 0 Å². The van der Waals surface area contributed by atoms with Crippen LogP contribution in [-0.4, -0.2) is 70.6 Å². The Balaban J connectivity index is 1.81. The number of benzene rings is 1. The Hall–Kier alpha value is -1.97. The van der Waals surface area contributed by atoms with Crippen molar-refractivity contribution < 1.29 is 36.3 Å². The minimum atomic E-state index is -3.98. The molecule has 38 heavy (non-hydrogen) atoms. The third-order valence-corrected chi connectivity index (χ3v) is 10.3. The molecule has 10 nitrogen and oxygen atoms in total. The van der Waals surface area contributed by atoms with E-state index in [1.165, 1.54) is 24.3 Å². The molecule has 0 fully saturated rings. The molecule has 0 saturated carbocycles. The van der Waals surface area contributed by atoms with Gasteiger partial charge in [-0.05, 0) is 62.8 Å². The third kappa shape index (κ3) is 11.0. The SMILES string of the molecule is CC(C)(C)OC(=O)C[C@@H](CO)NS(=O)(=O)c1cccc(CSCCCNC(=O)c2ccc(S(C)(=O)=O)s2)c1. The topological polar surface area (TPSA) is 156 Å². The van der Waals surface area contributed by atoms with Gasteiger partial charge in [0.1, 0.15) is 9.81 Å². The molecule has 2 rings (SSSR count). The van der Waals surface area contributed by atoms with Crippen LogP contribution >= 0.6 is 23.1 Å². The molecular weight excluding hydrogens is 573 g/mol. The van der Waals surface area contributed by atoms with Crippen molar-refractivity contribution in [1.29, 1.82) is 0 Å². The van der Waals surface area contributed by atoms with Crippen LogP contribution in [0, 0.1) is 0 Å². The molecule has 0 saturated heterocycles. The van der Waals surface area contributed by atoms with Crippen LogP contribution < -0.4 is 10.0 Å². The highest BCUT2D eigenvalue weighted by Crippen LogP contribution is 2.21. The highest BCUT2D eigenvalue weighted by molar-refractivity contribution is 7.98. The first kappa shape index (κ1) is 32.2. The highest BCUT2D eigenvalue weighted by atomic mass is 32.2. The summed E-state index contributed by atoms with van der Waals surface area (Å²) in [5.41, 5.74) is 0.0586. The van der Waals surface area contributed by atoms with Crippen molar-refractivity contribution in [1.82, 2.24) is 10.0 Å². The standard InChI is InChI=1S/C24H34N2O8S4/c1-24(2,3)34-21(28)14-18(15-27)26-38(32,33)19-8-5-7-17(13-19)16-35-12-6-11-25-23(29)20-9-10-22(36-20)37(4,30)31/h5,7-10,13,18,26-27H,6,11-12,14-16H2,1-4H3,(H,25,29)/t18-/m0/s1. The maximum Gasteiger partial charge on any atom is 0.308 e. The Labute approximate surface area is 232 Å². The predicted molar refractivity (Wildman–Crippen MR) is 149 cm³/mol. The zero-order valence-corrected chi connectivity index (χ0v) is 25.0. The summed E-state index contributed by atoms with van der Waals surface area (Å²) in [6.45, 7) is 4.95. The third-order valence-electron chi connectivity index (χ3n) is 4.77. The zero-order chi connectivity index (χ0) is 28.6. The van der Waals surface area contributed by atoms with Gasteiger partial charge in [0.15, 0.2) is 9.84 Å². The van der Waals surface area contributed by atoms with E-state index < -0.39 is 44.1 Å². The van der Waals surface area contributed by atoms with Crippen LogP contribution in [0.4, 0.5) is 0 Å². The van der Waals surface area contributed by atoms with Gasteiger partial charge in [-0.3, -0.25) is 9.59 Å². The normalized spacial score (nSPS) is 13.2. The van der Waals surface area contributed by atoms with Gasteiger partial charge >= 0.3 is 5.97 Å². The molecular formula is C24H34N2O8S4. The lowest BCUT2D eigenvalue weighted by atomic mass is 10.2. The molecule has 1 amide bonds. The van der Waals surface area contributed by atoms with Crippen molar-refractivity contribution >= 4 is 54.8 Å². The van der Waals surface area contributed by atoms with Gasteiger partial charge in [0.25, 0.3) is 5.91 Å². The minimum Gasteiger partial charge on any atom is -0.460 e. The molecule has 0 aliphatic carbocycles. The molecule has 212 valence electrons. The Bertz CT molecular complexity index is 1310. The molecule has 0 aliphatic heterocycles. The largest absolute Gasteiger partial charge is 0.460 e. The van der Waals surface area contributed by atoms with Crippen molar-refractivity contribution in [3.8, 4) is 0 Å². The average Bonchev–Trinajstić information content (AvgIpc) is 3.31. The number of thiophene rings is 1. The second kappa shape index (κ2) is 13.9. The van der Waals surface area contributed by atoms with Gasteiger partial charge in [0, 0.05) is 18.6 Å². The quantitative estimate of drug-likeness (QED) is 0.217. The number of carbonyl (C=O) groups is 2. The summed E-state index contributed by atoms with van der Waals surface area (Å²) in [5, 5.41) is 12.3. The lowest BCUT2D eigenvalue weighted by molar-refractivity contribution is -0.155. The van der Waals surface area contributed by atoms with Crippen LogP contribution in [0.2, 0.25) is 0 Å². The van der Waals surface area contributed by atoms with Gasteiger partial charge in [-0.2, -0.15) is 11.8 Å². The Morgan fingerprint density at radius 2 is 1.84 bits per heavy atom. The molecule has 14 heteroatoms. The van der Waals surface area contributed by atoms with Crippen LogP contribution in [0.15, 0.2) is 45.5 Å². The summed E-state index contributed by atoms with van der Waals surface area (Å²) in [6.07, 6.45) is 1.46. The molecule has 1 aromatic heterocycles. The van der Waals surface area contributed by atoms with Gasteiger partial charge in [0.05, 0.1) is 28.8 Å². The number of carbonyl (C=O) groups excluding carboxylic acids is 2. The average molecular weight is 607 g/mol. The van der Waals surface area contributed by atoms with Crippen molar-refractivity contribution in [3.05, 3.63) is 46.8 Å². The maximum absolute atomic E-state index is 12.8. The smallest absolute Gasteiger partial charge is 0.308 e. The summed E-state index contributed by atoms with van der Waals surface area (Å²) in [4.78, 5) is 24.6. The van der Waals surface area contributed by atoms with Gasteiger partial charge in [0.2, 0.25) is 10.0 Å². The number of amides is 1. The van der Waals surface area contributed by atoms with E-state index in [9.17, 15) is 31.5 Å². The summed E-state index contributed by atoms with van der Waals surface area (Å²) >= 11 is 2.50. The fourth-order valence-electron chi connectivity index (χ4n) is 3.11. The van der Waals surface area contributed by atoms with E-state index in [0.29, 0.717) is 29.3 Å². The lowest BCUT2D eigenvalue weighted by Crippen LogP contribution is -2.40. The van der Waals surface area contributed by atoms with Crippen LogP contribution in [0.3, 0.4) is 0 Å². The van der Waals surface area contributed by atoms with Gasteiger partial charge in [-0.15, -0.1) is 11.3 Å². The second-order valence-electron chi connectivity index (χ2n) is 9.49. The van der Waals surface area contributed by atoms with Crippen molar-refractivity contribution in [2.24, 2.45) is 0 Å². The fourth-order valence-corrected chi connectivity index (χ4v) is 7.16. The number of hydrogen-bond acceptors (Lipinski definition) is 10. The molecule has 0 aliphatic rings. The van der Waals surface area contributed by atoms with Crippen molar-refractivity contribution in [2.45, 2.75) is 60.1 Å². The Kier molecular flexibility index (Phi) is 11.8. The number of ether oxygens (including phenoxy) is 1. The van der Waals surface area contributed by atoms with Crippen LogP contribution in [-0.2, 0) is 35.1 Å². The van der Waals surface area contributed by atoms with Gasteiger partial charge in [-0.1, -0.05) is 12.1 Å². The first-order valence-corrected chi connectivity index (χ1v) is 17.0. The first-order chi connectivity index (χ1) is 17.6. The summed E-state index contributed by atoms with van der Waals surface area (Å²) in [5.74, 6) is 0.306. The summed E-state index contributed by atoms with van der Waals surface area (Å²) in [6, 6.07) is 8.28. The van der Waals surface area contributed by atoms with E-state index in [0.717, 1.165) is 23.2 Å². The molecule has 2 aromatic rings. The Morgan fingerprint density at radius 3 is 2.45 bits per heavy atom. The highest BCUT2D eigenvalue weighted by Gasteiger charge is 2.25. The van der Waals surface area contributed by atoms with Crippen molar-refractivity contribution in [2.75, 3.05) is 25.2 Å². The zero-order valence-electron chi connectivity index (χ0n) is 21.7. The summed E-state index contributed by atoms with van der Waals surface area (Å²) in [7, 11) is -7.32. The molecule has 0 bridgehead atoms. The van der Waals surface area contributed by atoms with E-state index >= 15 is 0 Å². The van der Waals surface area contributed by atoms with Gasteiger partial charge in [-0.25, -0.2) is 21.6 Å². The number of aliphatic hydroxyl groups excluding tert-OH is 1. The number of hydrogen-bond donors (Lipinski definition) is 3. The van der Waals surface area contributed by atoms with Crippen LogP contribution in [0.1, 0.15) is 48.8 Å². The van der Waals surface area contributed by atoms with E-state index in [-0.39, 0.29) is 21.4 Å². The summed E-state index contributed by atoms with van der Waals surface area (Å²) < 4.78 is 56.4. The molecule has 0 spiro atoms. The number of esters is 1. The minimum absolute atomic E-state index is 0.0231. The van der Waals surface area contributed by atoms with Crippen molar-refractivity contribution in [3.63, 3.8) is 0 Å². The molecule has 1 atom stereocenters. The monoisotopic (exact) mass is 606 g/mol. The van der Waals surface area contributed by atoms with E-state index in [4.69, 9.17) is 4.74 Å². The van der Waals surface area contributed by atoms with E-state index in [2.05, 4.69) is 10.0 Å². The number of rotatable bonds is 14. The first-order valence-electron chi connectivity index (χ1n) is 11.7. The molecule has 1 aromatic carbocycles. The number of thioether (sulfide) groups is 1. The molecule has 1 heterocycles. The van der Waals surface area contributed by atoms with Crippen LogP contribution in [0.5, 0.6) is 0 Å². The van der Waals surface area contributed by atoms with E-state index in [1.54, 1.807) is 44.7 Å². The Morgan fingerprint density at radius 1 is 1.13 bits per heavy atom. The molecule has 0 unspecified atom stereocenters. The number of aliphatic hydroxyl groups is 1. The van der Waals surface area contributed by atoms with E-state index in [1.807, 2.05) is 0 Å². The predicted octanol–water partition coefficient (Wildman–Crippen LogP) is 2.58. The maximum atomic E-state index is 12.8. The number of sulfonamides is 1.